The van der Waals surface area contributed by atoms with E-state index in [0.717, 1.165) is 12.8 Å². The second-order valence-electron chi connectivity index (χ2n) is 3.33. The van der Waals surface area contributed by atoms with Gasteiger partial charge in [0.25, 0.3) is 0 Å². The highest BCUT2D eigenvalue weighted by atomic mass is 32.2. The number of carbonyl (C=O) groups excluding carboxylic acids is 1. The minimum absolute atomic E-state index is 0.0126. The van der Waals surface area contributed by atoms with Gasteiger partial charge in [-0.3, -0.25) is 4.79 Å². The molecule has 0 aliphatic heterocycles. The van der Waals surface area contributed by atoms with Crippen LogP contribution in [0.3, 0.4) is 0 Å². The van der Waals surface area contributed by atoms with Gasteiger partial charge in [0, 0.05) is 0 Å². The van der Waals surface area contributed by atoms with Gasteiger partial charge in [0.2, 0.25) is 0 Å². The molecule has 0 radical (unpaired) electrons. The van der Waals surface area contributed by atoms with Gasteiger partial charge in [0.05, 0.1) is 11.3 Å². The van der Waals surface area contributed by atoms with Crippen molar-refractivity contribution in [2.45, 2.75) is 22.3 Å². The van der Waals surface area contributed by atoms with Gasteiger partial charge < -0.3 is 4.74 Å². The number of rotatable bonds is 4. The number of esters is 1. The van der Waals surface area contributed by atoms with Gasteiger partial charge in [-0.25, -0.2) is 0 Å². The van der Waals surface area contributed by atoms with Crippen LogP contribution >= 0.6 is 23.1 Å². The van der Waals surface area contributed by atoms with Crippen LogP contribution in [-0.4, -0.2) is 18.3 Å². The van der Waals surface area contributed by atoms with Crippen molar-refractivity contribution in [2.24, 2.45) is 5.92 Å². The van der Waals surface area contributed by atoms with Crippen LogP contribution in [0.15, 0.2) is 21.7 Å². The molecular weight excluding hydrogens is 216 g/mol. The molecule has 1 aliphatic rings. The minimum atomic E-state index is -0.0779. The second-order valence-corrected chi connectivity index (χ2v) is 5.72. The lowest BCUT2D eigenvalue weighted by Gasteiger charge is -2.11. The number of thioether (sulfide) groups is 1. The molecule has 1 saturated carbocycles. The molecule has 1 fully saturated rings. The van der Waals surface area contributed by atoms with Gasteiger partial charge in [-0.1, -0.05) is 17.8 Å². The Labute approximate surface area is 91.7 Å². The number of thiophene rings is 1. The Morgan fingerprint density at radius 1 is 1.71 bits per heavy atom. The Hall–Kier alpha value is -0.480. The summed E-state index contributed by atoms with van der Waals surface area (Å²) >= 11 is 3.32. The highest BCUT2D eigenvalue weighted by Gasteiger charge is 2.37. The van der Waals surface area contributed by atoms with Crippen molar-refractivity contribution >= 4 is 29.1 Å². The van der Waals surface area contributed by atoms with Crippen LogP contribution in [0.5, 0.6) is 0 Å². The van der Waals surface area contributed by atoms with E-state index in [1.54, 1.807) is 23.1 Å². The number of ether oxygens (including phenoxy) is 1. The maximum atomic E-state index is 11.5. The van der Waals surface area contributed by atoms with Crippen LogP contribution in [0.2, 0.25) is 0 Å². The van der Waals surface area contributed by atoms with Crippen molar-refractivity contribution in [3.05, 3.63) is 17.5 Å². The summed E-state index contributed by atoms with van der Waals surface area (Å²) in [5.41, 5.74) is 0. The number of hydrogen-bond acceptors (Lipinski definition) is 4. The first-order chi connectivity index (χ1) is 6.81. The summed E-state index contributed by atoms with van der Waals surface area (Å²) < 4.78 is 6.01. The third-order valence-electron chi connectivity index (χ3n) is 2.22. The Morgan fingerprint density at radius 3 is 3.00 bits per heavy atom. The standard InChI is InChI=1S/C10H12O2S2/c1-12-10(11)9(7-4-5-7)14-8-3-2-6-13-8/h2-3,6-7,9H,4-5H2,1H3. The van der Waals surface area contributed by atoms with Gasteiger partial charge in [0.1, 0.15) is 5.25 Å². The molecule has 0 amide bonds. The Morgan fingerprint density at radius 2 is 2.50 bits per heavy atom. The van der Waals surface area contributed by atoms with Crippen molar-refractivity contribution in [3.63, 3.8) is 0 Å². The molecule has 1 atom stereocenters. The summed E-state index contributed by atoms with van der Waals surface area (Å²) in [5, 5.41) is 2.04. The molecule has 2 rings (SSSR count). The molecule has 0 bridgehead atoms. The summed E-state index contributed by atoms with van der Waals surface area (Å²) in [6, 6.07) is 4.06. The van der Waals surface area contributed by atoms with E-state index in [0.29, 0.717) is 5.92 Å². The quantitative estimate of drug-likeness (QED) is 0.585. The van der Waals surface area contributed by atoms with Crippen molar-refractivity contribution < 1.29 is 9.53 Å². The molecule has 1 aromatic heterocycles. The summed E-state index contributed by atoms with van der Waals surface area (Å²) in [5.74, 6) is 0.459. The van der Waals surface area contributed by atoms with Gasteiger partial charge in [-0.15, -0.1) is 11.3 Å². The summed E-state index contributed by atoms with van der Waals surface area (Å²) in [7, 11) is 1.46. The van der Waals surface area contributed by atoms with Crippen LogP contribution in [0.4, 0.5) is 0 Å². The first-order valence-electron chi connectivity index (χ1n) is 4.59. The Bertz CT molecular complexity index is 304. The number of carbonyl (C=O) groups is 1. The van der Waals surface area contributed by atoms with Crippen LogP contribution in [-0.2, 0) is 9.53 Å². The lowest BCUT2D eigenvalue weighted by Crippen LogP contribution is -2.20. The third-order valence-corrected chi connectivity index (χ3v) is 4.66. The fraction of sp³-hybridized carbons (Fsp3) is 0.500. The van der Waals surface area contributed by atoms with E-state index in [4.69, 9.17) is 4.74 Å². The van der Waals surface area contributed by atoms with E-state index in [-0.39, 0.29) is 11.2 Å². The highest BCUT2D eigenvalue weighted by Crippen LogP contribution is 2.43. The van der Waals surface area contributed by atoms with Crippen molar-refractivity contribution in [2.75, 3.05) is 7.11 Å². The maximum absolute atomic E-state index is 11.5. The van der Waals surface area contributed by atoms with Gasteiger partial charge in [-0.05, 0) is 30.2 Å². The zero-order chi connectivity index (χ0) is 9.97. The predicted octanol–water partition coefficient (Wildman–Crippen LogP) is 2.79. The lowest BCUT2D eigenvalue weighted by molar-refractivity contribution is -0.140. The smallest absolute Gasteiger partial charge is 0.319 e. The van der Waals surface area contributed by atoms with Gasteiger partial charge in [0.15, 0.2) is 0 Å². The van der Waals surface area contributed by atoms with E-state index in [1.807, 2.05) is 17.5 Å². The van der Waals surface area contributed by atoms with E-state index in [9.17, 15) is 4.79 Å². The monoisotopic (exact) mass is 228 g/mol. The Balaban J connectivity index is 2.00. The fourth-order valence-electron chi connectivity index (χ4n) is 1.31. The predicted molar refractivity (Wildman–Crippen MR) is 58.7 cm³/mol. The minimum Gasteiger partial charge on any atom is -0.468 e. The molecule has 0 N–H and O–H groups in total. The van der Waals surface area contributed by atoms with Crippen molar-refractivity contribution in [3.8, 4) is 0 Å². The molecule has 0 saturated heterocycles. The molecule has 14 heavy (non-hydrogen) atoms. The normalized spacial score (nSPS) is 17.8. The molecule has 0 aromatic carbocycles. The molecule has 1 heterocycles. The average Bonchev–Trinajstić information content (AvgIpc) is 2.92. The van der Waals surface area contributed by atoms with E-state index >= 15 is 0 Å². The molecular formula is C10H12O2S2. The SMILES string of the molecule is COC(=O)C(Sc1cccs1)C1CC1. The Kier molecular flexibility index (Phi) is 3.13. The van der Waals surface area contributed by atoms with E-state index < -0.39 is 0 Å². The van der Waals surface area contributed by atoms with E-state index in [2.05, 4.69) is 0 Å². The van der Waals surface area contributed by atoms with E-state index in [1.165, 1.54) is 11.3 Å². The summed E-state index contributed by atoms with van der Waals surface area (Å²) in [4.78, 5) is 11.5. The van der Waals surface area contributed by atoms with Crippen molar-refractivity contribution in [1.82, 2.24) is 0 Å². The fourth-order valence-corrected chi connectivity index (χ4v) is 3.52. The maximum Gasteiger partial charge on any atom is 0.319 e. The lowest BCUT2D eigenvalue weighted by atomic mass is 10.3. The third kappa shape index (κ3) is 2.30. The first-order valence-corrected chi connectivity index (χ1v) is 6.35. The second kappa shape index (κ2) is 4.36. The highest BCUT2D eigenvalue weighted by molar-refractivity contribution is 8.02. The molecule has 4 heteroatoms. The largest absolute Gasteiger partial charge is 0.468 e. The zero-order valence-corrected chi connectivity index (χ0v) is 9.57. The van der Waals surface area contributed by atoms with Gasteiger partial charge in [-0.2, -0.15) is 0 Å². The molecule has 2 nitrogen and oxygen atoms in total. The molecule has 1 unspecified atom stereocenters. The molecule has 0 spiro atoms. The first kappa shape index (κ1) is 10.1. The zero-order valence-electron chi connectivity index (χ0n) is 7.93. The van der Waals surface area contributed by atoms with Gasteiger partial charge >= 0.3 is 5.97 Å². The molecule has 1 aliphatic carbocycles. The summed E-state index contributed by atoms with van der Waals surface area (Å²) in [6.45, 7) is 0. The van der Waals surface area contributed by atoms with Crippen LogP contribution in [0, 0.1) is 5.92 Å². The topological polar surface area (TPSA) is 26.3 Å². The number of methoxy groups -OCH3 is 1. The van der Waals surface area contributed by atoms with Crippen LogP contribution < -0.4 is 0 Å². The molecule has 76 valence electrons. The summed E-state index contributed by atoms with van der Waals surface area (Å²) in [6.07, 6.45) is 2.33. The van der Waals surface area contributed by atoms with Crippen LogP contribution in [0.1, 0.15) is 12.8 Å². The number of hydrogen-bond donors (Lipinski definition) is 0. The van der Waals surface area contributed by atoms with Crippen molar-refractivity contribution in [1.29, 1.82) is 0 Å². The average molecular weight is 228 g/mol. The molecule has 1 aromatic rings. The van der Waals surface area contributed by atoms with Crippen LogP contribution in [0.25, 0.3) is 0 Å².